The van der Waals surface area contributed by atoms with Gasteiger partial charge in [-0.2, -0.15) is 0 Å². The van der Waals surface area contributed by atoms with E-state index in [1.165, 1.54) is 4.90 Å². The Kier molecular flexibility index (Phi) is 2.95. The Bertz CT molecular complexity index is 297. The summed E-state index contributed by atoms with van der Waals surface area (Å²) in [6.45, 7) is 4.16. The number of unbranched alkanes of at least 4 members (excludes halogenated alkanes) is 1. The fourth-order valence-corrected chi connectivity index (χ4v) is 2.77. The lowest BCUT2D eigenvalue weighted by molar-refractivity contribution is -0.127. The van der Waals surface area contributed by atoms with Crippen LogP contribution in [0, 0.1) is 0 Å². The van der Waals surface area contributed by atoms with E-state index in [2.05, 4.69) is 0 Å². The molecule has 0 spiro atoms. The molecule has 1 aliphatic heterocycles. The van der Waals surface area contributed by atoms with Gasteiger partial charge in [-0.15, -0.1) is 0 Å². The number of hydrogen-bond acceptors (Lipinski definition) is 3. The summed E-state index contributed by atoms with van der Waals surface area (Å²) in [5.74, 6) is -0.557. The summed E-state index contributed by atoms with van der Waals surface area (Å²) in [6.07, 6.45) is 1.84. The van der Waals surface area contributed by atoms with Crippen molar-refractivity contribution in [3.63, 3.8) is 0 Å². The molecule has 0 aromatic heterocycles. The van der Waals surface area contributed by atoms with Crippen LogP contribution >= 0.6 is 0 Å². The number of sulfone groups is 1. The summed E-state index contributed by atoms with van der Waals surface area (Å²) in [5.41, 5.74) is 0. The summed E-state index contributed by atoms with van der Waals surface area (Å²) < 4.78 is 22.6. The predicted molar refractivity (Wildman–Crippen MR) is 49.9 cm³/mol. The first kappa shape index (κ1) is 10.5. The number of hydrogen-bond donors (Lipinski definition) is 0. The van der Waals surface area contributed by atoms with Crippen molar-refractivity contribution in [2.45, 2.75) is 32.1 Å². The van der Waals surface area contributed by atoms with Crippen molar-refractivity contribution in [2.75, 3.05) is 12.3 Å². The van der Waals surface area contributed by atoms with Gasteiger partial charge in [0.1, 0.15) is 11.1 Å². The van der Waals surface area contributed by atoms with Crippen molar-refractivity contribution >= 4 is 15.7 Å². The number of rotatable bonds is 3. The third-order valence-corrected chi connectivity index (χ3v) is 4.30. The molecule has 1 fully saturated rings. The fourth-order valence-electron chi connectivity index (χ4n) is 1.41. The second kappa shape index (κ2) is 3.65. The molecule has 1 amide bonds. The first-order chi connectivity index (χ1) is 5.99. The van der Waals surface area contributed by atoms with Gasteiger partial charge in [0.25, 0.3) is 0 Å². The second-order valence-corrected chi connectivity index (χ2v) is 5.64. The molecule has 4 nitrogen and oxygen atoms in total. The van der Waals surface area contributed by atoms with Crippen LogP contribution in [-0.2, 0) is 14.6 Å². The Balaban J connectivity index is 2.71. The van der Waals surface area contributed by atoms with Crippen LogP contribution in [0.3, 0.4) is 0 Å². The minimum atomic E-state index is -3.18. The number of carbonyl (C=O) groups is 1. The number of nitrogens with zero attached hydrogens (tertiary/aromatic N) is 1. The fraction of sp³-hybridized carbons (Fsp3) is 0.875. The van der Waals surface area contributed by atoms with E-state index in [9.17, 15) is 13.2 Å². The number of carbonyl (C=O) groups excluding carboxylic acids is 1. The SMILES string of the molecule is CCCCN1C(=O)CS(=O)(=O)C1C. The maximum absolute atomic E-state index is 11.3. The van der Waals surface area contributed by atoms with Crippen LogP contribution < -0.4 is 0 Å². The highest BCUT2D eigenvalue weighted by Gasteiger charge is 2.39. The smallest absolute Gasteiger partial charge is 0.238 e. The average molecular weight is 205 g/mol. The number of amides is 1. The maximum Gasteiger partial charge on any atom is 0.238 e. The van der Waals surface area contributed by atoms with Crippen molar-refractivity contribution in [3.05, 3.63) is 0 Å². The molecular weight excluding hydrogens is 190 g/mol. The molecule has 0 bridgehead atoms. The largest absolute Gasteiger partial charge is 0.325 e. The molecule has 76 valence electrons. The Hall–Kier alpha value is -0.580. The lowest BCUT2D eigenvalue weighted by Gasteiger charge is -2.19. The van der Waals surface area contributed by atoms with Crippen molar-refractivity contribution in [1.29, 1.82) is 0 Å². The molecule has 1 aliphatic rings. The van der Waals surface area contributed by atoms with Crippen molar-refractivity contribution in [3.8, 4) is 0 Å². The van der Waals surface area contributed by atoms with Gasteiger partial charge in [0, 0.05) is 6.54 Å². The van der Waals surface area contributed by atoms with Crippen molar-refractivity contribution in [1.82, 2.24) is 4.90 Å². The van der Waals surface area contributed by atoms with E-state index in [1.54, 1.807) is 6.92 Å². The maximum atomic E-state index is 11.3. The first-order valence-electron chi connectivity index (χ1n) is 4.50. The third-order valence-electron chi connectivity index (χ3n) is 2.36. The molecule has 0 radical (unpaired) electrons. The van der Waals surface area contributed by atoms with E-state index < -0.39 is 15.2 Å². The Morgan fingerprint density at radius 3 is 2.54 bits per heavy atom. The highest BCUT2D eigenvalue weighted by Crippen LogP contribution is 2.18. The molecule has 1 unspecified atom stereocenters. The van der Waals surface area contributed by atoms with Crippen LogP contribution in [0.25, 0.3) is 0 Å². The van der Waals surface area contributed by atoms with Gasteiger partial charge in [-0.3, -0.25) is 4.79 Å². The molecule has 1 rings (SSSR count). The molecular formula is C8H15NO3S. The van der Waals surface area contributed by atoms with Crippen molar-refractivity contribution < 1.29 is 13.2 Å². The summed E-state index contributed by atoms with van der Waals surface area (Å²) >= 11 is 0. The average Bonchev–Trinajstić information content (AvgIpc) is 2.21. The standard InChI is InChI=1S/C8H15NO3S/c1-3-4-5-9-7(2)13(11,12)6-8(9)10/h7H,3-6H2,1-2H3. The van der Waals surface area contributed by atoms with Crippen LogP contribution in [0.2, 0.25) is 0 Å². The third kappa shape index (κ3) is 2.02. The second-order valence-electron chi connectivity index (χ2n) is 3.35. The van der Waals surface area contributed by atoms with Gasteiger partial charge in [0.05, 0.1) is 0 Å². The zero-order chi connectivity index (χ0) is 10.1. The van der Waals surface area contributed by atoms with Crippen LogP contribution in [0.4, 0.5) is 0 Å². The van der Waals surface area contributed by atoms with Gasteiger partial charge in [0.15, 0.2) is 9.84 Å². The first-order valence-corrected chi connectivity index (χ1v) is 6.21. The van der Waals surface area contributed by atoms with E-state index in [1.807, 2.05) is 6.92 Å². The highest BCUT2D eigenvalue weighted by atomic mass is 32.2. The van der Waals surface area contributed by atoms with Crippen LogP contribution in [-0.4, -0.2) is 36.9 Å². The molecule has 1 saturated heterocycles. The molecule has 0 aromatic rings. The molecule has 0 aromatic carbocycles. The topological polar surface area (TPSA) is 54.5 Å². The lowest BCUT2D eigenvalue weighted by atomic mass is 10.3. The highest BCUT2D eigenvalue weighted by molar-refractivity contribution is 7.93. The monoisotopic (exact) mass is 205 g/mol. The zero-order valence-electron chi connectivity index (χ0n) is 7.99. The molecule has 0 aliphatic carbocycles. The van der Waals surface area contributed by atoms with Gasteiger partial charge >= 0.3 is 0 Å². The molecule has 0 N–H and O–H groups in total. The Morgan fingerprint density at radius 2 is 2.15 bits per heavy atom. The molecule has 5 heteroatoms. The lowest BCUT2D eigenvalue weighted by Crippen LogP contribution is -2.33. The normalized spacial score (nSPS) is 26.8. The summed E-state index contributed by atoms with van der Waals surface area (Å²) in [4.78, 5) is 12.7. The van der Waals surface area contributed by atoms with Gasteiger partial charge < -0.3 is 4.90 Å². The molecule has 1 atom stereocenters. The van der Waals surface area contributed by atoms with E-state index in [4.69, 9.17) is 0 Å². The minimum absolute atomic E-state index is 0.249. The minimum Gasteiger partial charge on any atom is -0.325 e. The van der Waals surface area contributed by atoms with Crippen LogP contribution in [0.15, 0.2) is 0 Å². The van der Waals surface area contributed by atoms with E-state index >= 15 is 0 Å². The van der Waals surface area contributed by atoms with E-state index in [0.717, 1.165) is 12.8 Å². The summed E-state index contributed by atoms with van der Waals surface area (Å²) in [6, 6.07) is 0. The summed E-state index contributed by atoms with van der Waals surface area (Å²) in [7, 11) is -3.18. The van der Waals surface area contributed by atoms with Gasteiger partial charge in [0.2, 0.25) is 5.91 Å². The predicted octanol–water partition coefficient (Wildman–Crippen LogP) is 0.390. The summed E-state index contributed by atoms with van der Waals surface area (Å²) in [5, 5.41) is -0.619. The van der Waals surface area contributed by atoms with Crippen LogP contribution in [0.1, 0.15) is 26.7 Å². The van der Waals surface area contributed by atoms with E-state index in [0.29, 0.717) is 6.54 Å². The van der Waals surface area contributed by atoms with Crippen LogP contribution in [0.5, 0.6) is 0 Å². The van der Waals surface area contributed by atoms with Gasteiger partial charge in [-0.25, -0.2) is 8.42 Å². The quantitative estimate of drug-likeness (QED) is 0.669. The Labute approximate surface area is 78.8 Å². The van der Waals surface area contributed by atoms with Gasteiger partial charge in [-0.1, -0.05) is 13.3 Å². The Morgan fingerprint density at radius 1 is 1.54 bits per heavy atom. The molecule has 0 saturated carbocycles. The molecule has 13 heavy (non-hydrogen) atoms. The molecule has 1 heterocycles. The van der Waals surface area contributed by atoms with Crippen molar-refractivity contribution in [2.24, 2.45) is 0 Å². The zero-order valence-corrected chi connectivity index (χ0v) is 8.80. The van der Waals surface area contributed by atoms with E-state index in [-0.39, 0.29) is 11.7 Å². The van der Waals surface area contributed by atoms with Gasteiger partial charge in [-0.05, 0) is 13.3 Å².